The van der Waals surface area contributed by atoms with Gasteiger partial charge in [0, 0.05) is 45.9 Å². The molecule has 1 unspecified atom stereocenters. The fourth-order valence-electron chi connectivity index (χ4n) is 4.52. The third-order valence-corrected chi connectivity index (χ3v) is 6.92. The Balaban J connectivity index is 1.50. The van der Waals surface area contributed by atoms with Crippen molar-refractivity contribution in [2.75, 3.05) is 57.3 Å². The zero-order valence-corrected chi connectivity index (χ0v) is 18.4. The molecular weight excluding hydrogens is 384 g/mol. The van der Waals surface area contributed by atoms with Gasteiger partial charge in [-0.15, -0.1) is 11.5 Å². The van der Waals surface area contributed by atoms with Crippen LogP contribution >= 0.6 is 12.2 Å². The molecule has 3 saturated heterocycles. The van der Waals surface area contributed by atoms with E-state index in [9.17, 15) is 0 Å². The predicted octanol–water partition coefficient (Wildman–Crippen LogP) is 2.04. The molecule has 3 fully saturated rings. The molecule has 1 atom stereocenters. The lowest BCUT2D eigenvalue weighted by atomic mass is 10.00. The number of ether oxygens (including phenoxy) is 1. The van der Waals surface area contributed by atoms with E-state index in [-0.39, 0.29) is 6.10 Å². The fourth-order valence-corrected chi connectivity index (χ4v) is 4.78. The highest BCUT2D eigenvalue weighted by atomic mass is 32.1. The highest BCUT2D eigenvalue weighted by Gasteiger charge is 2.26. The average molecular weight is 419 g/mol. The lowest BCUT2D eigenvalue weighted by molar-refractivity contribution is 0.0956. The molecule has 0 amide bonds. The number of rotatable bonds is 6. The molecule has 3 aliphatic rings. The SMILES string of the molecule is C#CCN1CCN(Cn2nc(N3CCC(C)CC3)n(CC3CCCO3)c2=S)CC1. The van der Waals surface area contributed by atoms with Gasteiger partial charge in [0.2, 0.25) is 10.7 Å². The first-order valence-electron chi connectivity index (χ1n) is 11.1. The monoisotopic (exact) mass is 418 g/mol. The van der Waals surface area contributed by atoms with Crippen molar-refractivity contribution in [3.05, 3.63) is 4.77 Å². The van der Waals surface area contributed by atoms with E-state index in [1.165, 1.54) is 12.8 Å². The molecule has 0 aromatic carbocycles. The Kier molecular flexibility index (Phi) is 6.91. The Morgan fingerprint density at radius 1 is 1.10 bits per heavy atom. The second kappa shape index (κ2) is 9.61. The van der Waals surface area contributed by atoms with Gasteiger partial charge < -0.3 is 9.64 Å². The summed E-state index contributed by atoms with van der Waals surface area (Å²) in [6, 6.07) is 0. The van der Waals surface area contributed by atoms with Gasteiger partial charge in [-0.25, -0.2) is 4.68 Å². The van der Waals surface area contributed by atoms with Gasteiger partial charge >= 0.3 is 0 Å². The smallest absolute Gasteiger partial charge is 0.226 e. The minimum Gasteiger partial charge on any atom is -0.376 e. The van der Waals surface area contributed by atoms with Crippen molar-refractivity contribution in [3.63, 3.8) is 0 Å². The van der Waals surface area contributed by atoms with Crippen molar-refractivity contribution in [2.24, 2.45) is 5.92 Å². The van der Waals surface area contributed by atoms with Crippen molar-refractivity contribution < 1.29 is 4.74 Å². The van der Waals surface area contributed by atoms with Crippen LogP contribution in [0.3, 0.4) is 0 Å². The minimum atomic E-state index is 0.258. The van der Waals surface area contributed by atoms with Gasteiger partial charge in [-0.2, -0.15) is 0 Å². The number of anilines is 1. The zero-order valence-electron chi connectivity index (χ0n) is 17.6. The first-order chi connectivity index (χ1) is 14.1. The van der Waals surface area contributed by atoms with Crippen LogP contribution in [0.5, 0.6) is 0 Å². The van der Waals surface area contributed by atoms with Crippen molar-refractivity contribution >= 4 is 18.2 Å². The van der Waals surface area contributed by atoms with E-state index >= 15 is 0 Å². The summed E-state index contributed by atoms with van der Waals surface area (Å²) in [6.45, 7) is 11.6. The molecule has 0 saturated carbocycles. The number of nitrogens with zero attached hydrogens (tertiary/aromatic N) is 6. The maximum atomic E-state index is 5.91. The summed E-state index contributed by atoms with van der Waals surface area (Å²) < 4.78 is 11.0. The Morgan fingerprint density at radius 2 is 1.83 bits per heavy atom. The van der Waals surface area contributed by atoms with Crippen LogP contribution < -0.4 is 4.90 Å². The molecule has 3 aliphatic heterocycles. The van der Waals surface area contributed by atoms with Gasteiger partial charge in [0.05, 0.1) is 25.9 Å². The molecule has 4 rings (SSSR count). The van der Waals surface area contributed by atoms with Crippen LogP contribution in [0, 0.1) is 23.0 Å². The molecule has 0 bridgehead atoms. The molecule has 1 aromatic rings. The highest BCUT2D eigenvalue weighted by molar-refractivity contribution is 7.71. The van der Waals surface area contributed by atoms with Crippen molar-refractivity contribution in [1.82, 2.24) is 24.1 Å². The van der Waals surface area contributed by atoms with Crippen LogP contribution in [0.15, 0.2) is 0 Å². The summed E-state index contributed by atoms with van der Waals surface area (Å²) in [7, 11) is 0. The summed E-state index contributed by atoms with van der Waals surface area (Å²) in [5, 5.41) is 5.01. The predicted molar refractivity (Wildman–Crippen MR) is 117 cm³/mol. The Labute approximate surface area is 179 Å². The number of hydrogen-bond acceptors (Lipinski definition) is 6. The molecule has 160 valence electrons. The summed E-state index contributed by atoms with van der Waals surface area (Å²) >= 11 is 5.89. The van der Waals surface area contributed by atoms with E-state index in [0.29, 0.717) is 0 Å². The van der Waals surface area contributed by atoms with Crippen LogP contribution in [0.1, 0.15) is 32.6 Å². The second-order valence-corrected chi connectivity index (χ2v) is 9.10. The van der Waals surface area contributed by atoms with Crippen LogP contribution in [-0.2, 0) is 18.0 Å². The number of aromatic nitrogens is 3. The Morgan fingerprint density at radius 3 is 2.48 bits per heavy atom. The second-order valence-electron chi connectivity index (χ2n) is 8.74. The normalized spacial score (nSPS) is 24.8. The van der Waals surface area contributed by atoms with Crippen molar-refractivity contribution in [1.29, 1.82) is 0 Å². The summed E-state index contributed by atoms with van der Waals surface area (Å²) in [5.74, 6) is 4.57. The average Bonchev–Trinajstić information content (AvgIpc) is 3.34. The summed E-state index contributed by atoms with van der Waals surface area (Å²) in [6.07, 6.45) is 10.4. The largest absolute Gasteiger partial charge is 0.376 e. The lowest BCUT2D eigenvalue weighted by Crippen LogP contribution is -2.46. The molecule has 0 aliphatic carbocycles. The van der Waals surface area contributed by atoms with Gasteiger partial charge in [0.15, 0.2) is 0 Å². The zero-order chi connectivity index (χ0) is 20.2. The molecule has 4 heterocycles. The molecule has 8 heteroatoms. The van der Waals surface area contributed by atoms with Gasteiger partial charge in [-0.3, -0.25) is 14.4 Å². The van der Waals surface area contributed by atoms with Crippen LogP contribution in [0.2, 0.25) is 0 Å². The van der Waals surface area contributed by atoms with Gasteiger partial charge in [-0.05, 0) is 43.8 Å². The third kappa shape index (κ3) is 5.02. The van der Waals surface area contributed by atoms with Crippen molar-refractivity contribution in [2.45, 2.75) is 51.9 Å². The van der Waals surface area contributed by atoms with E-state index in [1.807, 2.05) is 4.68 Å². The third-order valence-electron chi connectivity index (χ3n) is 6.49. The Hall–Kier alpha value is -1.40. The molecular formula is C21H34N6OS. The molecule has 0 spiro atoms. The van der Waals surface area contributed by atoms with Crippen LogP contribution in [0.25, 0.3) is 0 Å². The van der Waals surface area contributed by atoms with Gasteiger partial charge in [0.25, 0.3) is 0 Å². The number of piperazine rings is 1. The Bertz CT molecular complexity index is 761. The number of terminal acetylenes is 1. The maximum absolute atomic E-state index is 5.91. The molecule has 29 heavy (non-hydrogen) atoms. The van der Waals surface area contributed by atoms with E-state index in [2.05, 4.69) is 32.1 Å². The van der Waals surface area contributed by atoms with E-state index in [0.717, 1.165) is 95.1 Å². The van der Waals surface area contributed by atoms with E-state index in [4.69, 9.17) is 28.5 Å². The quantitative estimate of drug-likeness (QED) is 0.520. The maximum Gasteiger partial charge on any atom is 0.226 e. The standard InChI is InChI=1S/C21H34N6OS/c1-3-8-23-11-13-24(14-12-23)17-27-21(29)26(16-19-5-4-15-28-19)20(22-27)25-9-6-18(2)7-10-25/h1,18-19H,4-17H2,2H3. The molecule has 0 radical (unpaired) electrons. The lowest BCUT2D eigenvalue weighted by Gasteiger charge is -2.33. The summed E-state index contributed by atoms with van der Waals surface area (Å²) in [5.41, 5.74) is 0. The van der Waals surface area contributed by atoms with Gasteiger partial charge in [-0.1, -0.05) is 12.8 Å². The topological polar surface area (TPSA) is 41.7 Å². The van der Waals surface area contributed by atoms with Gasteiger partial charge in [0.1, 0.15) is 0 Å². The summed E-state index contributed by atoms with van der Waals surface area (Å²) in [4.78, 5) is 7.17. The van der Waals surface area contributed by atoms with E-state index in [1.54, 1.807) is 0 Å². The van der Waals surface area contributed by atoms with Crippen LogP contribution in [-0.4, -0.2) is 82.7 Å². The molecule has 0 N–H and O–H groups in total. The number of hydrogen-bond donors (Lipinski definition) is 0. The minimum absolute atomic E-state index is 0.258. The van der Waals surface area contributed by atoms with E-state index < -0.39 is 0 Å². The highest BCUT2D eigenvalue weighted by Crippen LogP contribution is 2.24. The fraction of sp³-hybridized carbons (Fsp3) is 0.810. The van der Waals surface area contributed by atoms with Crippen molar-refractivity contribution in [3.8, 4) is 12.3 Å². The first-order valence-corrected chi connectivity index (χ1v) is 11.5. The first kappa shape index (κ1) is 20.9. The number of piperidine rings is 1. The van der Waals surface area contributed by atoms with Crippen LogP contribution in [0.4, 0.5) is 5.95 Å². The molecule has 7 nitrogen and oxygen atoms in total. The molecule has 1 aromatic heterocycles.